The molecular weight excluding hydrogens is 308 g/mol. The highest BCUT2D eigenvalue weighted by Crippen LogP contribution is 2.28. The Balaban J connectivity index is 1.88. The minimum absolute atomic E-state index is 0.0373. The van der Waals surface area contributed by atoms with Crippen LogP contribution in [0.3, 0.4) is 0 Å². The Hall–Kier alpha value is -0.710. The summed E-state index contributed by atoms with van der Waals surface area (Å²) in [5.41, 5.74) is -0.368. The van der Waals surface area contributed by atoms with Crippen molar-refractivity contribution in [3.8, 4) is 0 Å². The first kappa shape index (κ1) is 18.6. The predicted molar refractivity (Wildman–Crippen MR) is 96.5 cm³/mol. The van der Waals surface area contributed by atoms with E-state index in [1.807, 2.05) is 37.4 Å². The molecule has 4 nitrogen and oxygen atoms in total. The molecule has 3 atom stereocenters. The summed E-state index contributed by atoms with van der Waals surface area (Å²) in [4.78, 5) is 27.0. The Morgan fingerprint density at radius 2 is 1.87 bits per heavy atom. The van der Waals surface area contributed by atoms with Crippen LogP contribution in [0.15, 0.2) is 0 Å². The smallest absolute Gasteiger partial charge is 0.227 e. The summed E-state index contributed by atoms with van der Waals surface area (Å²) in [7, 11) is 0. The molecule has 1 N–H and O–H groups in total. The molecule has 0 spiro atoms. The molecule has 0 aromatic carbocycles. The Labute approximate surface area is 145 Å². The van der Waals surface area contributed by atoms with E-state index in [1.165, 1.54) is 12.8 Å². The van der Waals surface area contributed by atoms with Crippen molar-refractivity contribution in [3.63, 3.8) is 0 Å². The van der Waals surface area contributed by atoms with E-state index in [0.29, 0.717) is 17.8 Å². The minimum atomic E-state index is -0.368. The fraction of sp³-hybridized carbons (Fsp3) is 0.889. The Bertz CT molecular complexity index is 433. The van der Waals surface area contributed by atoms with Crippen LogP contribution in [-0.2, 0) is 9.59 Å². The second kappa shape index (κ2) is 7.91. The molecule has 0 bridgehead atoms. The van der Waals surface area contributed by atoms with E-state index >= 15 is 0 Å². The second-order valence-corrected chi connectivity index (χ2v) is 9.21. The number of rotatable bonds is 3. The van der Waals surface area contributed by atoms with E-state index in [9.17, 15) is 9.59 Å². The van der Waals surface area contributed by atoms with Gasteiger partial charge in [-0.2, -0.15) is 11.8 Å². The molecule has 132 valence electrons. The zero-order chi connectivity index (χ0) is 17.0. The van der Waals surface area contributed by atoms with Gasteiger partial charge in [-0.25, -0.2) is 0 Å². The lowest BCUT2D eigenvalue weighted by Gasteiger charge is -2.37. The lowest BCUT2D eigenvalue weighted by molar-refractivity contribution is -0.142. The van der Waals surface area contributed by atoms with Gasteiger partial charge in [0.05, 0.1) is 5.92 Å². The van der Waals surface area contributed by atoms with Crippen LogP contribution in [0.5, 0.6) is 0 Å². The van der Waals surface area contributed by atoms with E-state index in [2.05, 4.69) is 11.6 Å². The zero-order valence-corrected chi connectivity index (χ0v) is 15.9. The van der Waals surface area contributed by atoms with Gasteiger partial charge in [0.2, 0.25) is 11.8 Å². The summed E-state index contributed by atoms with van der Waals surface area (Å²) in [5, 5.41) is 3.94. The highest BCUT2D eigenvalue weighted by Gasteiger charge is 2.34. The molecule has 2 rings (SSSR count). The molecule has 0 unspecified atom stereocenters. The Morgan fingerprint density at radius 3 is 2.52 bits per heavy atom. The molecule has 0 radical (unpaired) electrons. The number of carbonyl (C=O) groups excluding carboxylic acids is 2. The molecule has 2 amide bonds. The maximum Gasteiger partial charge on any atom is 0.227 e. The monoisotopic (exact) mass is 340 g/mol. The third-order valence-electron chi connectivity index (χ3n) is 5.03. The van der Waals surface area contributed by atoms with Gasteiger partial charge < -0.3 is 10.2 Å². The van der Waals surface area contributed by atoms with E-state index in [1.54, 1.807) is 0 Å². The zero-order valence-electron chi connectivity index (χ0n) is 15.1. The molecule has 5 heteroatoms. The molecule has 1 saturated heterocycles. The van der Waals surface area contributed by atoms with Gasteiger partial charge in [-0.15, -0.1) is 0 Å². The SMILES string of the molecule is CS[C@@H]1CCC[C@@H](NC(=O)[C@H]2CCCN(C(=O)C(C)(C)C)C2)C1. The first-order valence-electron chi connectivity index (χ1n) is 8.94. The van der Waals surface area contributed by atoms with Gasteiger partial charge in [-0.1, -0.05) is 27.2 Å². The minimum Gasteiger partial charge on any atom is -0.353 e. The number of thioether (sulfide) groups is 1. The summed E-state index contributed by atoms with van der Waals surface area (Å²) in [6, 6.07) is 0.322. The first-order valence-corrected chi connectivity index (χ1v) is 10.2. The molecule has 1 saturated carbocycles. The largest absolute Gasteiger partial charge is 0.353 e. The van der Waals surface area contributed by atoms with Gasteiger partial charge in [0, 0.05) is 29.8 Å². The third kappa shape index (κ3) is 5.13. The predicted octanol–water partition coefficient (Wildman–Crippen LogP) is 3.06. The topological polar surface area (TPSA) is 49.4 Å². The molecule has 0 aromatic rings. The van der Waals surface area contributed by atoms with E-state index in [0.717, 1.165) is 32.2 Å². The highest BCUT2D eigenvalue weighted by atomic mass is 32.2. The number of hydrogen-bond donors (Lipinski definition) is 1. The normalized spacial score (nSPS) is 29.2. The van der Waals surface area contributed by atoms with E-state index < -0.39 is 0 Å². The fourth-order valence-corrected chi connectivity index (χ4v) is 4.49. The third-order valence-corrected chi connectivity index (χ3v) is 6.12. The number of hydrogen-bond acceptors (Lipinski definition) is 3. The van der Waals surface area contributed by atoms with Gasteiger partial charge >= 0.3 is 0 Å². The average molecular weight is 341 g/mol. The standard InChI is InChI=1S/C18H32N2O2S/c1-18(2,3)17(22)20-10-6-7-13(12-20)16(21)19-14-8-5-9-15(11-14)23-4/h13-15H,5-12H2,1-4H3,(H,19,21)/t13-,14+,15+/m0/s1. The van der Waals surface area contributed by atoms with Gasteiger partial charge in [-0.3, -0.25) is 9.59 Å². The number of amides is 2. The molecular formula is C18H32N2O2S. The lowest BCUT2D eigenvalue weighted by Crippen LogP contribution is -2.50. The van der Waals surface area contributed by atoms with Gasteiger partial charge in [0.15, 0.2) is 0 Å². The Morgan fingerprint density at radius 1 is 1.13 bits per heavy atom. The van der Waals surface area contributed by atoms with E-state index in [-0.39, 0.29) is 23.1 Å². The van der Waals surface area contributed by atoms with Crippen molar-refractivity contribution in [2.24, 2.45) is 11.3 Å². The van der Waals surface area contributed by atoms with Crippen LogP contribution in [0, 0.1) is 11.3 Å². The molecule has 0 aromatic heterocycles. The lowest BCUT2D eigenvalue weighted by atomic mass is 9.90. The summed E-state index contributed by atoms with van der Waals surface area (Å²) in [5.74, 6) is 0.281. The summed E-state index contributed by atoms with van der Waals surface area (Å²) < 4.78 is 0. The summed E-state index contributed by atoms with van der Waals surface area (Å²) in [6.07, 6.45) is 8.65. The number of carbonyl (C=O) groups is 2. The van der Waals surface area contributed by atoms with Crippen molar-refractivity contribution in [3.05, 3.63) is 0 Å². The number of nitrogens with zero attached hydrogens (tertiary/aromatic N) is 1. The van der Waals surface area contributed by atoms with Crippen LogP contribution in [-0.4, -0.2) is 47.4 Å². The van der Waals surface area contributed by atoms with Gasteiger partial charge in [-0.05, 0) is 38.4 Å². The molecule has 1 heterocycles. The molecule has 23 heavy (non-hydrogen) atoms. The van der Waals surface area contributed by atoms with Crippen LogP contribution >= 0.6 is 11.8 Å². The van der Waals surface area contributed by atoms with Crippen molar-refractivity contribution in [1.29, 1.82) is 0 Å². The maximum absolute atomic E-state index is 12.6. The van der Waals surface area contributed by atoms with Crippen LogP contribution in [0.4, 0.5) is 0 Å². The van der Waals surface area contributed by atoms with Crippen molar-refractivity contribution in [1.82, 2.24) is 10.2 Å². The van der Waals surface area contributed by atoms with Crippen molar-refractivity contribution >= 4 is 23.6 Å². The van der Waals surface area contributed by atoms with Crippen LogP contribution in [0.1, 0.15) is 59.3 Å². The van der Waals surface area contributed by atoms with E-state index in [4.69, 9.17) is 0 Å². The van der Waals surface area contributed by atoms with Crippen LogP contribution in [0.2, 0.25) is 0 Å². The molecule has 1 aliphatic carbocycles. The van der Waals surface area contributed by atoms with Crippen LogP contribution < -0.4 is 5.32 Å². The average Bonchev–Trinajstić information content (AvgIpc) is 2.53. The van der Waals surface area contributed by atoms with Crippen LogP contribution in [0.25, 0.3) is 0 Å². The number of piperidine rings is 1. The quantitative estimate of drug-likeness (QED) is 0.859. The van der Waals surface area contributed by atoms with Gasteiger partial charge in [0.25, 0.3) is 0 Å². The molecule has 1 aliphatic heterocycles. The number of nitrogens with one attached hydrogen (secondary N) is 1. The van der Waals surface area contributed by atoms with Crippen molar-refractivity contribution < 1.29 is 9.59 Å². The summed E-state index contributed by atoms with van der Waals surface area (Å²) >= 11 is 1.92. The molecule has 2 aliphatic rings. The number of likely N-dealkylation sites (tertiary alicyclic amines) is 1. The summed E-state index contributed by atoms with van der Waals surface area (Å²) in [6.45, 7) is 7.22. The second-order valence-electron chi connectivity index (χ2n) is 8.07. The highest BCUT2D eigenvalue weighted by molar-refractivity contribution is 7.99. The fourth-order valence-electron chi connectivity index (χ4n) is 3.66. The molecule has 2 fully saturated rings. The van der Waals surface area contributed by atoms with Gasteiger partial charge in [0.1, 0.15) is 0 Å². The maximum atomic E-state index is 12.6. The van der Waals surface area contributed by atoms with Crippen molar-refractivity contribution in [2.45, 2.75) is 70.6 Å². The first-order chi connectivity index (χ1) is 10.8. The Kier molecular flexibility index (Phi) is 6.40. The van der Waals surface area contributed by atoms with Crippen molar-refractivity contribution in [2.75, 3.05) is 19.3 Å².